The van der Waals surface area contributed by atoms with Gasteiger partial charge in [-0.2, -0.15) is 9.78 Å². The second-order valence-corrected chi connectivity index (χ2v) is 9.27. The second-order valence-electron chi connectivity index (χ2n) is 8.84. The van der Waals surface area contributed by atoms with E-state index in [0.717, 1.165) is 5.69 Å². The van der Waals surface area contributed by atoms with Crippen LogP contribution >= 0.6 is 11.6 Å². The summed E-state index contributed by atoms with van der Waals surface area (Å²) in [6.45, 7) is 6.30. The SMILES string of the molecule is COc1ccc(Cl)cc1N1CC(C(=O)Nc2cc(C(C)(C)C)nn2-c2ncccn2)CC1=O. The molecule has 1 aromatic carbocycles. The molecule has 4 rings (SSSR count). The van der Waals surface area contributed by atoms with Gasteiger partial charge in [0.2, 0.25) is 11.8 Å². The molecule has 2 amide bonds. The van der Waals surface area contributed by atoms with Crippen LogP contribution in [0.1, 0.15) is 32.9 Å². The molecular weight excluding hydrogens is 444 g/mol. The van der Waals surface area contributed by atoms with E-state index < -0.39 is 5.92 Å². The van der Waals surface area contributed by atoms with Gasteiger partial charge in [0.25, 0.3) is 5.95 Å². The van der Waals surface area contributed by atoms with Gasteiger partial charge in [-0.25, -0.2) is 9.97 Å². The van der Waals surface area contributed by atoms with E-state index in [4.69, 9.17) is 16.3 Å². The van der Waals surface area contributed by atoms with Crippen molar-refractivity contribution in [3.8, 4) is 11.7 Å². The fourth-order valence-electron chi connectivity index (χ4n) is 3.61. The van der Waals surface area contributed by atoms with Crippen molar-refractivity contribution < 1.29 is 14.3 Å². The Morgan fingerprint density at radius 2 is 1.94 bits per heavy atom. The number of hydrogen-bond donors (Lipinski definition) is 1. The summed E-state index contributed by atoms with van der Waals surface area (Å²) in [5.74, 6) is 0.288. The van der Waals surface area contributed by atoms with Gasteiger partial charge in [0.05, 0.1) is 24.4 Å². The molecule has 172 valence electrons. The zero-order valence-electron chi connectivity index (χ0n) is 18.9. The van der Waals surface area contributed by atoms with Crippen molar-refractivity contribution in [1.29, 1.82) is 0 Å². The molecule has 0 saturated carbocycles. The van der Waals surface area contributed by atoms with Crippen molar-refractivity contribution in [2.75, 3.05) is 23.9 Å². The van der Waals surface area contributed by atoms with Crippen molar-refractivity contribution in [1.82, 2.24) is 19.7 Å². The van der Waals surface area contributed by atoms with Crippen LogP contribution in [0.15, 0.2) is 42.7 Å². The molecule has 1 saturated heterocycles. The number of benzene rings is 1. The average molecular weight is 469 g/mol. The summed E-state index contributed by atoms with van der Waals surface area (Å²) in [6.07, 6.45) is 3.29. The highest BCUT2D eigenvalue weighted by molar-refractivity contribution is 6.31. The third kappa shape index (κ3) is 4.68. The number of ether oxygens (including phenoxy) is 1. The summed E-state index contributed by atoms with van der Waals surface area (Å²) < 4.78 is 6.88. The quantitative estimate of drug-likeness (QED) is 0.613. The Balaban J connectivity index is 1.59. The Kier molecular flexibility index (Phi) is 6.07. The molecule has 0 aliphatic carbocycles. The predicted molar refractivity (Wildman–Crippen MR) is 125 cm³/mol. The number of nitrogens with zero attached hydrogens (tertiary/aromatic N) is 5. The summed E-state index contributed by atoms with van der Waals surface area (Å²) in [5.41, 5.74) is 1.07. The molecule has 1 aliphatic rings. The lowest BCUT2D eigenvalue weighted by Gasteiger charge is -2.20. The van der Waals surface area contributed by atoms with E-state index in [1.165, 1.54) is 16.7 Å². The average Bonchev–Trinajstić information content (AvgIpc) is 3.38. The Bertz CT molecular complexity index is 1190. The molecule has 2 aromatic heterocycles. The van der Waals surface area contributed by atoms with E-state index in [2.05, 4.69) is 20.4 Å². The molecular formula is C23H25ClN6O3. The van der Waals surface area contributed by atoms with Crippen LogP contribution in [0.3, 0.4) is 0 Å². The smallest absolute Gasteiger partial charge is 0.252 e. The van der Waals surface area contributed by atoms with Gasteiger partial charge in [-0.05, 0) is 24.3 Å². The van der Waals surface area contributed by atoms with E-state index in [9.17, 15) is 9.59 Å². The zero-order valence-corrected chi connectivity index (χ0v) is 19.6. The van der Waals surface area contributed by atoms with Crippen LogP contribution in [-0.4, -0.2) is 45.2 Å². The molecule has 9 nitrogen and oxygen atoms in total. The van der Waals surface area contributed by atoms with Crippen molar-refractivity contribution >= 4 is 34.9 Å². The molecule has 1 atom stereocenters. The van der Waals surface area contributed by atoms with E-state index in [0.29, 0.717) is 28.2 Å². The normalized spacial score (nSPS) is 16.2. The minimum absolute atomic E-state index is 0.0730. The van der Waals surface area contributed by atoms with E-state index in [1.54, 1.807) is 36.7 Å². The maximum atomic E-state index is 13.2. The fraction of sp³-hybridized carbons (Fsp3) is 0.348. The Morgan fingerprint density at radius 3 is 2.61 bits per heavy atom. The van der Waals surface area contributed by atoms with E-state index in [1.807, 2.05) is 26.8 Å². The van der Waals surface area contributed by atoms with E-state index in [-0.39, 0.29) is 30.2 Å². The molecule has 3 heterocycles. The molecule has 1 N–H and O–H groups in total. The largest absolute Gasteiger partial charge is 0.495 e. The molecule has 33 heavy (non-hydrogen) atoms. The molecule has 3 aromatic rings. The number of carbonyl (C=O) groups is 2. The lowest BCUT2D eigenvalue weighted by atomic mass is 9.92. The van der Waals surface area contributed by atoms with Gasteiger partial charge in [-0.3, -0.25) is 9.59 Å². The first-order chi connectivity index (χ1) is 15.7. The van der Waals surface area contributed by atoms with Gasteiger partial charge in [-0.15, -0.1) is 0 Å². The number of rotatable bonds is 5. The van der Waals surface area contributed by atoms with Crippen molar-refractivity contribution in [2.24, 2.45) is 5.92 Å². The van der Waals surface area contributed by atoms with E-state index >= 15 is 0 Å². The highest BCUT2D eigenvalue weighted by atomic mass is 35.5. The Labute approximate surface area is 196 Å². The Morgan fingerprint density at radius 1 is 1.21 bits per heavy atom. The number of amides is 2. The summed E-state index contributed by atoms with van der Waals surface area (Å²) in [4.78, 5) is 36.0. The van der Waals surface area contributed by atoms with Crippen LogP contribution in [0.4, 0.5) is 11.5 Å². The summed E-state index contributed by atoms with van der Waals surface area (Å²) in [7, 11) is 1.52. The van der Waals surface area contributed by atoms with Crippen LogP contribution in [0.25, 0.3) is 5.95 Å². The van der Waals surface area contributed by atoms with Crippen LogP contribution in [0.2, 0.25) is 5.02 Å². The molecule has 1 aliphatic heterocycles. The standard InChI is InChI=1S/C23H25ClN6O3/c1-23(2,3)18-12-19(30(28-18)22-25-8-5-9-26-22)27-21(32)14-10-20(31)29(13-14)16-11-15(24)6-7-17(16)33-4/h5-9,11-12,14H,10,13H2,1-4H3,(H,27,32). The summed E-state index contributed by atoms with van der Waals surface area (Å²) in [6, 6.07) is 8.57. The molecule has 0 bridgehead atoms. The van der Waals surface area contributed by atoms with Crippen LogP contribution in [-0.2, 0) is 15.0 Å². The third-order valence-electron chi connectivity index (χ3n) is 5.40. The number of methoxy groups -OCH3 is 1. The number of halogens is 1. The van der Waals surface area contributed by atoms with Gasteiger partial charge in [0.15, 0.2) is 0 Å². The number of hydrogen-bond acceptors (Lipinski definition) is 6. The first kappa shape index (κ1) is 22.7. The lowest BCUT2D eigenvalue weighted by molar-refractivity contribution is -0.122. The van der Waals surface area contributed by atoms with Crippen LogP contribution < -0.4 is 15.0 Å². The second kappa shape index (κ2) is 8.82. The van der Waals surface area contributed by atoms with Crippen molar-refractivity contribution in [3.63, 3.8) is 0 Å². The van der Waals surface area contributed by atoms with Gasteiger partial charge in [0, 0.05) is 41.9 Å². The molecule has 10 heteroatoms. The van der Waals surface area contributed by atoms with Crippen LogP contribution in [0.5, 0.6) is 5.75 Å². The molecule has 0 radical (unpaired) electrons. The number of nitrogens with one attached hydrogen (secondary N) is 1. The maximum Gasteiger partial charge on any atom is 0.252 e. The minimum atomic E-state index is -0.556. The molecule has 0 spiro atoms. The molecule has 1 unspecified atom stereocenters. The summed E-state index contributed by atoms with van der Waals surface area (Å²) in [5, 5.41) is 8.01. The predicted octanol–water partition coefficient (Wildman–Crippen LogP) is 3.61. The number of carbonyl (C=O) groups excluding carboxylic acids is 2. The van der Waals surface area contributed by atoms with Gasteiger partial charge >= 0.3 is 0 Å². The first-order valence-corrected chi connectivity index (χ1v) is 10.9. The van der Waals surface area contributed by atoms with Gasteiger partial charge in [-0.1, -0.05) is 32.4 Å². The van der Waals surface area contributed by atoms with Crippen molar-refractivity contribution in [2.45, 2.75) is 32.6 Å². The zero-order chi connectivity index (χ0) is 23.8. The fourth-order valence-corrected chi connectivity index (χ4v) is 3.77. The third-order valence-corrected chi connectivity index (χ3v) is 5.63. The van der Waals surface area contributed by atoms with Crippen molar-refractivity contribution in [3.05, 3.63) is 53.4 Å². The van der Waals surface area contributed by atoms with Gasteiger partial charge < -0.3 is 15.0 Å². The van der Waals surface area contributed by atoms with Crippen LogP contribution in [0, 0.1) is 5.92 Å². The number of aromatic nitrogens is 4. The highest BCUT2D eigenvalue weighted by Gasteiger charge is 2.37. The maximum absolute atomic E-state index is 13.2. The first-order valence-electron chi connectivity index (χ1n) is 10.5. The monoisotopic (exact) mass is 468 g/mol. The minimum Gasteiger partial charge on any atom is -0.495 e. The van der Waals surface area contributed by atoms with Gasteiger partial charge in [0.1, 0.15) is 11.6 Å². The highest BCUT2D eigenvalue weighted by Crippen LogP contribution is 2.35. The molecule has 1 fully saturated rings. The topological polar surface area (TPSA) is 102 Å². The summed E-state index contributed by atoms with van der Waals surface area (Å²) >= 11 is 6.13. The number of anilines is 2. The Hall–Kier alpha value is -3.46. The lowest BCUT2D eigenvalue weighted by Crippen LogP contribution is -2.29.